The highest BCUT2D eigenvalue weighted by Crippen LogP contribution is 2.29. The minimum absolute atomic E-state index is 0.112. The van der Waals surface area contributed by atoms with Gasteiger partial charge in [-0.3, -0.25) is 4.79 Å². The number of nitrogen functional groups attached to an aromatic ring is 1. The van der Waals surface area contributed by atoms with Crippen LogP contribution in [0.25, 0.3) is 0 Å². The molecule has 2 aromatic carbocycles. The molecule has 110 valence electrons. The van der Waals surface area contributed by atoms with Gasteiger partial charge in [0.1, 0.15) is 0 Å². The van der Waals surface area contributed by atoms with E-state index in [1.165, 1.54) is 0 Å². The van der Waals surface area contributed by atoms with Crippen LogP contribution in [-0.4, -0.2) is 19.1 Å². The summed E-state index contributed by atoms with van der Waals surface area (Å²) in [4.78, 5) is 14.5. The standard InChI is InChI=1S/C17H20N2O2/c1-3-19(13-9-6-5-7-10-13)17(20)14-11-8-12-15(18)16(14)21-4-2/h5-12H,3-4,18H2,1-2H3. The number of para-hydroxylation sites is 2. The van der Waals surface area contributed by atoms with Gasteiger partial charge in [0.15, 0.2) is 5.75 Å². The molecule has 0 saturated carbocycles. The second kappa shape index (κ2) is 6.79. The summed E-state index contributed by atoms with van der Waals surface area (Å²) < 4.78 is 5.55. The lowest BCUT2D eigenvalue weighted by atomic mass is 10.1. The van der Waals surface area contributed by atoms with Crippen LogP contribution in [-0.2, 0) is 0 Å². The predicted octanol–water partition coefficient (Wildman–Crippen LogP) is 3.33. The number of carbonyl (C=O) groups excluding carboxylic acids is 1. The van der Waals surface area contributed by atoms with E-state index in [9.17, 15) is 4.79 Å². The largest absolute Gasteiger partial charge is 0.491 e. The van der Waals surface area contributed by atoms with E-state index >= 15 is 0 Å². The van der Waals surface area contributed by atoms with Crippen molar-refractivity contribution in [2.75, 3.05) is 23.8 Å². The van der Waals surface area contributed by atoms with Crippen molar-refractivity contribution in [2.24, 2.45) is 0 Å². The first kappa shape index (κ1) is 14.9. The van der Waals surface area contributed by atoms with E-state index in [0.29, 0.717) is 30.2 Å². The normalized spacial score (nSPS) is 10.2. The lowest BCUT2D eigenvalue weighted by Crippen LogP contribution is -2.31. The highest BCUT2D eigenvalue weighted by atomic mass is 16.5. The molecule has 4 heteroatoms. The number of hydrogen-bond acceptors (Lipinski definition) is 3. The molecule has 2 N–H and O–H groups in total. The molecule has 0 aromatic heterocycles. The van der Waals surface area contributed by atoms with Gasteiger partial charge in [0.05, 0.1) is 17.9 Å². The summed E-state index contributed by atoms with van der Waals surface area (Å²) in [6, 6.07) is 14.8. The summed E-state index contributed by atoms with van der Waals surface area (Å²) in [5, 5.41) is 0. The Bertz CT molecular complexity index is 611. The van der Waals surface area contributed by atoms with E-state index in [4.69, 9.17) is 10.5 Å². The van der Waals surface area contributed by atoms with Crippen molar-refractivity contribution in [2.45, 2.75) is 13.8 Å². The Balaban J connectivity index is 2.41. The minimum Gasteiger partial charge on any atom is -0.491 e. The van der Waals surface area contributed by atoms with Crippen LogP contribution in [0, 0.1) is 0 Å². The first-order valence-electron chi connectivity index (χ1n) is 7.07. The van der Waals surface area contributed by atoms with Gasteiger partial charge in [-0.15, -0.1) is 0 Å². The Hall–Kier alpha value is -2.49. The maximum atomic E-state index is 12.8. The van der Waals surface area contributed by atoms with Gasteiger partial charge in [0.2, 0.25) is 0 Å². The van der Waals surface area contributed by atoms with Crippen molar-refractivity contribution in [1.29, 1.82) is 0 Å². The highest BCUT2D eigenvalue weighted by Gasteiger charge is 2.21. The number of rotatable bonds is 5. The first-order chi connectivity index (χ1) is 10.2. The molecular weight excluding hydrogens is 264 g/mol. The predicted molar refractivity (Wildman–Crippen MR) is 85.8 cm³/mol. The van der Waals surface area contributed by atoms with Crippen LogP contribution in [0.2, 0.25) is 0 Å². The van der Waals surface area contributed by atoms with E-state index in [0.717, 1.165) is 5.69 Å². The SMILES string of the molecule is CCOc1c(N)cccc1C(=O)N(CC)c1ccccc1. The fraction of sp³-hybridized carbons (Fsp3) is 0.235. The average molecular weight is 284 g/mol. The third kappa shape index (κ3) is 3.16. The second-order valence-corrected chi connectivity index (χ2v) is 4.54. The van der Waals surface area contributed by atoms with Gasteiger partial charge in [-0.2, -0.15) is 0 Å². The molecule has 4 nitrogen and oxygen atoms in total. The molecule has 0 radical (unpaired) electrons. The number of nitrogens with zero attached hydrogens (tertiary/aromatic N) is 1. The number of benzene rings is 2. The summed E-state index contributed by atoms with van der Waals surface area (Å²) in [7, 11) is 0. The van der Waals surface area contributed by atoms with Crippen molar-refractivity contribution in [3.8, 4) is 5.75 Å². The minimum atomic E-state index is -0.112. The summed E-state index contributed by atoms with van der Waals surface area (Å²) >= 11 is 0. The molecule has 0 saturated heterocycles. The Morgan fingerprint density at radius 1 is 1.10 bits per heavy atom. The van der Waals surface area contributed by atoms with Crippen molar-refractivity contribution in [1.82, 2.24) is 0 Å². The van der Waals surface area contributed by atoms with Crippen molar-refractivity contribution >= 4 is 17.3 Å². The maximum absolute atomic E-state index is 12.8. The van der Waals surface area contributed by atoms with Crippen LogP contribution in [0.1, 0.15) is 24.2 Å². The van der Waals surface area contributed by atoms with Crippen LogP contribution < -0.4 is 15.4 Å². The van der Waals surface area contributed by atoms with Crippen LogP contribution in [0.15, 0.2) is 48.5 Å². The fourth-order valence-electron chi connectivity index (χ4n) is 2.23. The molecule has 2 aromatic rings. The highest BCUT2D eigenvalue weighted by molar-refractivity contribution is 6.08. The zero-order valence-electron chi connectivity index (χ0n) is 12.4. The molecule has 0 aliphatic rings. The van der Waals surface area contributed by atoms with E-state index in [2.05, 4.69) is 0 Å². The van der Waals surface area contributed by atoms with E-state index in [1.807, 2.05) is 44.2 Å². The van der Waals surface area contributed by atoms with Gasteiger partial charge >= 0.3 is 0 Å². The van der Waals surface area contributed by atoms with E-state index in [1.54, 1.807) is 23.1 Å². The average Bonchev–Trinajstić information content (AvgIpc) is 2.51. The van der Waals surface area contributed by atoms with Gasteiger partial charge in [-0.05, 0) is 38.1 Å². The van der Waals surface area contributed by atoms with Crippen LogP contribution in [0.4, 0.5) is 11.4 Å². The number of ether oxygens (including phenoxy) is 1. The van der Waals surface area contributed by atoms with Crippen LogP contribution in [0.3, 0.4) is 0 Å². The van der Waals surface area contributed by atoms with E-state index < -0.39 is 0 Å². The van der Waals surface area contributed by atoms with Gasteiger partial charge in [-0.1, -0.05) is 24.3 Å². The molecule has 0 aliphatic heterocycles. The third-order valence-electron chi connectivity index (χ3n) is 3.19. The second-order valence-electron chi connectivity index (χ2n) is 4.54. The van der Waals surface area contributed by atoms with Crippen molar-refractivity contribution in [3.05, 3.63) is 54.1 Å². The molecule has 0 bridgehead atoms. The Labute approximate surface area is 125 Å². The molecule has 0 fully saturated rings. The quantitative estimate of drug-likeness (QED) is 0.857. The van der Waals surface area contributed by atoms with Gasteiger partial charge in [-0.25, -0.2) is 0 Å². The van der Waals surface area contributed by atoms with Gasteiger partial charge in [0, 0.05) is 12.2 Å². The topological polar surface area (TPSA) is 55.6 Å². The molecule has 0 spiro atoms. The molecule has 21 heavy (non-hydrogen) atoms. The third-order valence-corrected chi connectivity index (χ3v) is 3.19. The van der Waals surface area contributed by atoms with Crippen LogP contribution >= 0.6 is 0 Å². The lowest BCUT2D eigenvalue weighted by Gasteiger charge is -2.22. The number of hydrogen-bond donors (Lipinski definition) is 1. The zero-order chi connectivity index (χ0) is 15.2. The van der Waals surface area contributed by atoms with Crippen molar-refractivity contribution in [3.63, 3.8) is 0 Å². The smallest absolute Gasteiger partial charge is 0.262 e. The Kier molecular flexibility index (Phi) is 4.82. The number of anilines is 2. The molecule has 0 atom stereocenters. The Morgan fingerprint density at radius 2 is 1.81 bits per heavy atom. The molecular formula is C17H20N2O2. The van der Waals surface area contributed by atoms with Crippen LogP contribution in [0.5, 0.6) is 5.75 Å². The van der Waals surface area contributed by atoms with Crippen molar-refractivity contribution < 1.29 is 9.53 Å². The zero-order valence-corrected chi connectivity index (χ0v) is 12.4. The molecule has 1 amide bonds. The Morgan fingerprint density at radius 3 is 2.43 bits per heavy atom. The fourth-order valence-corrected chi connectivity index (χ4v) is 2.23. The molecule has 0 aliphatic carbocycles. The number of carbonyl (C=O) groups is 1. The monoisotopic (exact) mass is 284 g/mol. The summed E-state index contributed by atoms with van der Waals surface area (Å²) in [6.07, 6.45) is 0. The lowest BCUT2D eigenvalue weighted by molar-refractivity contribution is 0.0984. The molecule has 2 rings (SSSR count). The summed E-state index contributed by atoms with van der Waals surface area (Å²) in [5.74, 6) is 0.346. The van der Waals surface area contributed by atoms with E-state index in [-0.39, 0.29) is 5.91 Å². The first-order valence-corrected chi connectivity index (χ1v) is 7.07. The maximum Gasteiger partial charge on any atom is 0.262 e. The van der Waals surface area contributed by atoms with Gasteiger partial charge in [0.25, 0.3) is 5.91 Å². The number of amides is 1. The summed E-state index contributed by atoms with van der Waals surface area (Å²) in [6.45, 7) is 4.85. The van der Waals surface area contributed by atoms with Gasteiger partial charge < -0.3 is 15.4 Å². The molecule has 0 heterocycles. The summed E-state index contributed by atoms with van der Waals surface area (Å²) in [5.41, 5.74) is 7.75. The molecule has 0 unspecified atom stereocenters. The number of nitrogens with two attached hydrogens (primary N) is 1.